The van der Waals surface area contributed by atoms with Gasteiger partial charge in [0, 0.05) is 7.05 Å². The fraction of sp³-hybridized carbons (Fsp3) is 0.227. The Hall–Kier alpha value is -4.41. The molecule has 11 heteroatoms. The van der Waals surface area contributed by atoms with Gasteiger partial charge in [-0.1, -0.05) is 30.3 Å². The van der Waals surface area contributed by atoms with E-state index < -0.39 is 36.3 Å². The lowest BCUT2D eigenvalue weighted by atomic mass is 10.0. The molecule has 0 aromatic heterocycles. The molecule has 2 aromatic carbocycles. The highest BCUT2D eigenvalue weighted by Gasteiger charge is 2.31. The van der Waals surface area contributed by atoms with Crippen molar-refractivity contribution in [1.82, 2.24) is 10.2 Å². The molecule has 172 valence electrons. The first kappa shape index (κ1) is 23.3. The molecule has 2 aromatic rings. The number of carboxylic acids is 1. The molecule has 0 saturated carbocycles. The van der Waals surface area contributed by atoms with Gasteiger partial charge in [-0.15, -0.1) is 0 Å². The maximum Gasteiger partial charge on any atom is 0.305 e. The molecule has 1 aliphatic rings. The zero-order chi connectivity index (χ0) is 24.1. The van der Waals surface area contributed by atoms with Gasteiger partial charge in [-0.2, -0.15) is 0 Å². The van der Waals surface area contributed by atoms with Crippen LogP contribution in [0.15, 0.2) is 53.5 Å². The van der Waals surface area contributed by atoms with Crippen molar-refractivity contribution in [3.8, 4) is 0 Å². The summed E-state index contributed by atoms with van der Waals surface area (Å²) in [4.78, 5) is 56.2. The Morgan fingerprint density at radius 1 is 1.15 bits per heavy atom. The summed E-state index contributed by atoms with van der Waals surface area (Å²) in [6.45, 7) is -0.767. The van der Waals surface area contributed by atoms with Crippen LogP contribution in [0.25, 0.3) is 0 Å². The number of aliphatic imine (C=N–C) groups is 1. The molecule has 0 saturated heterocycles. The fourth-order valence-corrected chi connectivity index (χ4v) is 3.51. The number of carboxylic acid groups (broad SMARTS) is 1. The van der Waals surface area contributed by atoms with Crippen molar-refractivity contribution in [3.63, 3.8) is 0 Å². The number of nitrogens with zero attached hydrogens (tertiary/aromatic N) is 3. The standard InChI is InChI=1S/C22H24N6O5/c1-27-17-8-7-14(25-22(23)24)9-15(17)21(33)28(12-19(27)30)11-18(29)26-16(10-20(31)32)13-5-3-2-4-6-13/h2-9,16H,10-12H2,1H3,(H,26,29)(H,31,32)(H4,23,24,25). The van der Waals surface area contributed by atoms with Crippen molar-refractivity contribution in [2.45, 2.75) is 12.5 Å². The summed E-state index contributed by atoms with van der Waals surface area (Å²) in [7, 11) is 1.52. The maximum absolute atomic E-state index is 13.2. The van der Waals surface area contributed by atoms with Gasteiger partial charge < -0.3 is 31.7 Å². The number of guanidine groups is 1. The normalized spacial score (nSPS) is 14.2. The molecule has 0 fully saturated rings. The zero-order valence-corrected chi connectivity index (χ0v) is 17.9. The van der Waals surface area contributed by atoms with E-state index in [0.29, 0.717) is 16.9 Å². The highest BCUT2D eigenvalue weighted by atomic mass is 16.4. The van der Waals surface area contributed by atoms with Gasteiger partial charge in [0.05, 0.1) is 29.4 Å². The smallest absolute Gasteiger partial charge is 0.305 e. The predicted octanol–water partition coefficient (Wildman–Crippen LogP) is 0.342. The number of carbonyl (C=O) groups excluding carboxylic acids is 3. The second-order valence-corrected chi connectivity index (χ2v) is 7.48. The molecule has 1 atom stereocenters. The third-order valence-electron chi connectivity index (χ3n) is 5.07. The van der Waals surface area contributed by atoms with E-state index in [0.717, 1.165) is 4.90 Å². The van der Waals surface area contributed by atoms with E-state index in [4.69, 9.17) is 11.5 Å². The van der Waals surface area contributed by atoms with Crippen LogP contribution in [0.5, 0.6) is 0 Å². The molecule has 6 N–H and O–H groups in total. The minimum Gasteiger partial charge on any atom is -0.481 e. The van der Waals surface area contributed by atoms with Crippen LogP contribution >= 0.6 is 0 Å². The molecule has 0 aliphatic carbocycles. The number of benzene rings is 2. The van der Waals surface area contributed by atoms with E-state index in [1.54, 1.807) is 42.5 Å². The van der Waals surface area contributed by atoms with Crippen LogP contribution in [0, 0.1) is 0 Å². The molecular weight excluding hydrogens is 428 g/mol. The van der Waals surface area contributed by atoms with Gasteiger partial charge in [-0.25, -0.2) is 4.99 Å². The van der Waals surface area contributed by atoms with Gasteiger partial charge in [0.2, 0.25) is 11.8 Å². The molecule has 1 heterocycles. The molecular formula is C22H24N6O5. The van der Waals surface area contributed by atoms with Crippen LogP contribution in [0.2, 0.25) is 0 Å². The second-order valence-electron chi connectivity index (χ2n) is 7.48. The van der Waals surface area contributed by atoms with E-state index in [-0.39, 0.29) is 24.5 Å². The molecule has 1 aliphatic heterocycles. The van der Waals surface area contributed by atoms with Crippen LogP contribution in [0.4, 0.5) is 11.4 Å². The van der Waals surface area contributed by atoms with E-state index in [2.05, 4.69) is 10.3 Å². The Morgan fingerprint density at radius 3 is 2.48 bits per heavy atom. The third-order valence-corrected chi connectivity index (χ3v) is 5.07. The number of rotatable bonds is 7. The van der Waals surface area contributed by atoms with Crippen molar-refractivity contribution in [3.05, 3.63) is 59.7 Å². The average molecular weight is 452 g/mol. The van der Waals surface area contributed by atoms with Gasteiger partial charge >= 0.3 is 5.97 Å². The van der Waals surface area contributed by atoms with Crippen LogP contribution in [0.1, 0.15) is 28.4 Å². The average Bonchev–Trinajstić information content (AvgIpc) is 2.84. The highest BCUT2D eigenvalue weighted by Crippen LogP contribution is 2.29. The topological polar surface area (TPSA) is 171 Å². The monoisotopic (exact) mass is 452 g/mol. The minimum absolute atomic E-state index is 0.156. The van der Waals surface area contributed by atoms with Crippen LogP contribution in [-0.2, 0) is 14.4 Å². The van der Waals surface area contributed by atoms with Gasteiger partial charge in [0.15, 0.2) is 5.96 Å². The van der Waals surface area contributed by atoms with E-state index in [1.807, 2.05) is 0 Å². The Kier molecular flexibility index (Phi) is 6.91. The largest absolute Gasteiger partial charge is 0.481 e. The van der Waals surface area contributed by atoms with Gasteiger partial charge in [0.1, 0.15) is 13.1 Å². The first-order chi connectivity index (χ1) is 15.7. The molecule has 11 nitrogen and oxygen atoms in total. The van der Waals surface area contributed by atoms with Gasteiger partial charge in [0.25, 0.3) is 5.91 Å². The Morgan fingerprint density at radius 2 is 1.85 bits per heavy atom. The maximum atomic E-state index is 13.2. The lowest BCUT2D eigenvalue weighted by Crippen LogP contribution is -2.44. The number of hydrogen-bond donors (Lipinski definition) is 4. The number of fused-ring (bicyclic) bond motifs is 1. The summed E-state index contributed by atoms with van der Waals surface area (Å²) in [5.41, 5.74) is 12.3. The quantitative estimate of drug-likeness (QED) is 0.346. The van der Waals surface area contributed by atoms with Gasteiger partial charge in [-0.3, -0.25) is 19.2 Å². The fourth-order valence-electron chi connectivity index (χ4n) is 3.51. The predicted molar refractivity (Wildman–Crippen MR) is 121 cm³/mol. The number of nitrogens with one attached hydrogen (secondary N) is 1. The van der Waals surface area contributed by atoms with Crippen molar-refractivity contribution in [2.24, 2.45) is 16.5 Å². The second kappa shape index (κ2) is 9.81. The highest BCUT2D eigenvalue weighted by molar-refractivity contribution is 6.10. The first-order valence-electron chi connectivity index (χ1n) is 10.0. The summed E-state index contributed by atoms with van der Waals surface area (Å²) >= 11 is 0. The lowest BCUT2D eigenvalue weighted by molar-refractivity contribution is -0.137. The number of hydrogen-bond acceptors (Lipinski definition) is 5. The van der Waals surface area contributed by atoms with E-state index in [1.165, 1.54) is 18.0 Å². The number of carbonyl (C=O) groups is 4. The van der Waals surface area contributed by atoms with Crippen molar-refractivity contribution < 1.29 is 24.3 Å². The first-order valence-corrected chi connectivity index (χ1v) is 10.0. The lowest BCUT2D eigenvalue weighted by Gasteiger charge is -2.22. The number of likely N-dealkylation sites (N-methyl/N-ethyl adjacent to an activating group) is 1. The van der Waals surface area contributed by atoms with Crippen molar-refractivity contribution >= 4 is 41.0 Å². The minimum atomic E-state index is -1.09. The summed E-state index contributed by atoms with van der Waals surface area (Å²) < 4.78 is 0. The number of nitrogens with two attached hydrogens (primary N) is 2. The summed E-state index contributed by atoms with van der Waals surface area (Å²) in [5, 5.41) is 11.9. The molecule has 3 rings (SSSR count). The Balaban J connectivity index is 1.84. The van der Waals surface area contributed by atoms with Crippen molar-refractivity contribution in [2.75, 3.05) is 25.0 Å². The molecule has 0 bridgehead atoms. The summed E-state index contributed by atoms with van der Waals surface area (Å²) in [6, 6.07) is 12.4. The number of aliphatic carboxylic acids is 1. The molecule has 33 heavy (non-hydrogen) atoms. The Bertz CT molecular complexity index is 1110. The zero-order valence-electron chi connectivity index (χ0n) is 17.9. The van der Waals surface area contributed by atoms with Gasteiger partial charge in [-0.05, 0) is 23.8 Å². The third kappa shape index (κ3) is 5.64. The summed E-state index contributed by atoms with van der Waals surface area (Å²) in [5.74, 6) is -2.83. The summed E-state index contributed by atoms with van der Waals surface area (Å²) in [6.07, 6.45) is -0.337. The van der Waals surface area contributed by atoms with Crippen molar-refractivity contribution in [1.29, 1.82) is 0 Å². The van der Waals surface area contributed by atoms with E-state index in [9.17, 15) is 24.3 Å². The van der Waals surface area contributed by atoms with Crippen LogP contribution in [0.3, 0.4) is 0 Å². The van der Waals surface area contributed by atoms with Crippen LogP contribution in [-0.4, -0.2) is 59.8 Å². The molecule has 0 radical (unpaired) electrons. The number of anilines is 1. The number of amides is 3. The Labute approximate surface area is 189 Å². The van der Waals surface area contributed by atoms with Crippen LogP contribution < -0.4 is 21.7 Å². The SMILES string of the molecule is CN1C(=O)CN(CC(=O)NC(CC(=O)O)c2ccccc2)C(=O)c2cc(N=C(N)N)ccc21. The van der Waals surface area contributed by atoms with E-state index >= 15 is 0 Å². The molecule has 0 spiro atoms. The molecule has 3 amide bonds. The molecule has 1 unspecified atom stereocenters.